The minimum absolute atomic E-state index is 0.189. The number of thiophene rings is 2. The lowest BCUT2D eigenvalue weighted by Gasteiger charge is -2.30. The lowest BCUT2D eigenvalue weighted by Crippen LogP contribution is -2.41. The molecule has 168 valence electrons. The fourth-order valence-corrected chi connectivity index (χ4v) is 5.97. The third-order valence-electron chi connectivity index (χ3n) is 5.85. The summed E-state index contributed by atoms with van der Waals surface area (Å²) >= 11 is 3.00. The highest BCUT2D eigenvalue weighted by atomic mass is 32.1. The van der Waals surface area contributed by atoms with E-state index < -0.39 is 0 Å². The van der Waals surface area contributed by atoms with E-state index in [9.17, 15) is 20.0 Å². The van der Waals surface area contributed by atoms with Crippen molar-refractivity contribution in [2.75, 3.05) is 25.0 Å². The van der Waals surface area contributed by atoms with Gasteiger partial charge in [-0.05, 0) is 72.1 Å². The minimum atomic E-state index is -0.329. The molecule has 0 radical (unpaired) electrons. The third-order valence-corrected chi connectivity index (χ3v) is 7.72. The molecule has 0 bridgehead atoms. The second-order valence-electron chi connectivity index (χ2n) is 8.10. The molecule has 0 saturated carbocycles. The van der Waals surface area contributed by atoms with Crippen molar-refractivity contribution < 1.29 is 19.4 Å². The lowest BCUT2D eigenvalue weighted by molar-refractivity contribution is -0.111. The zero-order valence-electron chi connectivity index (χ0n) is 17.6. The fraction of sp³-hybridized carbons (Fsp3) is 0.435. The van der Waals surface area contributed by atoms with Crippen LogP contribution in [0.5, 0.6) is 0 Å². The molecule has 1 unspecified atom stereocenters. The number of nitriles is 1. The Bertz CT molecular complexity index is 1030. The number of piperidine rings is 1. The maximum atomic E-state index is 12.3. The molecule has 4 rings (SSSR count). The number of aliphatic hydroxyl groups is 1. The smallest absolute Gasteiger partial charge is 0.409 e. The van der Waals surface area contributed by atoms with E-state index in [2.05, 4.69) is 11.4 Å². The van der Waals surface area contributed by atoms with Crippen molar-refractivity contribution in [2.24, 2.45) is 5.92 Å². The number of likely N-dealkylation sites (tertiary alicyclic amines) is 1. The Kier molecular flexibility index (Phi) is 7.25. The van der Waals surface area contributed by atoms with Crippen LogP contribution in [-0.4, -0.2) is 47.8 Å². The van der Waals surface area contributed by atoms with E-state index in [-0.39, 0.29) is 24.0 Å². The number of aliphatic hydroxyl groups excluding tert-OH is 1. The second kappa shape index (κ2) is 10.3. The summed E-state index contributed by atoms with van der Waals surface area (Å²) in [5, 5.41) is 26.6. The highest BCUT2D eigenvalue weighted by Crippen LogP contribution is 2.39. The summed E-state index contributed by atoms with van der Waals surface area (Å²) in [7, 11) is 0. The summed E-state index contributed by atoms with van der Waals surface area (Å²) in [4.78, 5) is 27.3. The standard InChI is InChI=1S/C23H25N3O4S2/c24-12-19-18-3-1-16(13-30-23(29)26-8-5-17(27)6-9-26)11-20(18)32-22(19)25-21(28)4-2-15-7-10-31-14-15/h2,4,7,10,14,16-17,27H,1,3,5-6,8-9,11,13H2,(H,25,28). The van der Waals surface area contributed by atoms with Crippen molar-refractivity contribution in [3.05, 3.63) is 44.5 Å². The number of carbonyl (C=O) groups is 2. The van der Waals surface area contributed by atoms with Gasteiger partial charge in [0.2, 0.25) is 5.91 Å². The zero-order valence-corrected chi connectivity index (χ0v) is 19.2. The van der Waals surface area contributed by atoms with E-state index in [1.807, 2.05) is 16.8 Å². The third kappa shape index (κ3) is 5.38. The zero-order chi connectivity index (χ0) is 22.5. The molecule has 3 heterocycles. The molecule has 0 aromatic carbocycles. The normalized spacial score (nSPS) is 18.9. The number of fused-ring (bicyclic) bond motifs is 1. The van der Waals surface area contributed by atoms with E-state index in [1.165, 1.54) is 17.4 Å². The first-order valence-corrected chi connectivity index (χ1v) is 12.4. The van der Waals surface area contributed by atoms with E-state index >= 15 is 0 Å². The lowest BCUT2D eigenvalue weighted by atomic mass is 9.88. The van der Waals surface area contributed by atoms with Gasteiger partial charge in [0, 0.05) is 24.0 Å². The van der Waals surface area contributed by atoms with Gasteiger partial charge in [-0.1, -0.05) is 0 Å². The van der Waals surface area contributed by atoms with Gasteiger partial charge in [0.05, 0.1) is 18.3 Å². The molecule has 1 aliphatic heterocycles. The number of hydrogen-bond acceptors (Lipinski definition) is 7. The van der Waals surface area contributed by atoms with Gasteiger partial charge in [-0.2, -0.15) is 16.6 Å². The Balaban J connectivity index is 1.34. The van der Waals surface area contributed by atoms with Gasteiger partial charge in [-0.25, -0.2) is 4.79 Å². The van der Waals surface area contributed by atoms with Crippen LogP contribution >= 0.6 is 22.7 Å². The van der Waals surface area contributed by atoms with Gasteiger partial charge in [0.1, 0.15) is 11.1 Å². The first-order chi connectivity index (χ1) is 15.5. The Morgan fingerprint density at radius 1 is 1.34 bits per heavy atom. The topological polar surface area (TPSA) is 103 Å². The molecule has 2 aliphatic rings. The van der Waals surface area contributed by atoms with Gasteiger partial charge >= 0.3 is 6.09 Å². The van der Waals surface area contributed by atoms with Crippen molar-refractivity contribution in [3.8, 4) is 6.07 Å². The largest absolute Gasteiger partial charge is 0.449 e. The first kappa shape index (κ1) is 22.5. The highest BCUT2D eigenvalue weighted by molar-refractivity contribution is 7.16. The van der Waals surface area contributed by atoms with Gasteiger partial charge in [0.25, 0.3) is 0 Å². The van der Waals surface area contributed by atoms with Crippen LogP contribution in [0.3, 0.4) is 0 Å². The van der Waals surface area contributed by atoms with E-state index in [1.54, 1.807) is 22.3 Å². The van der Waals surface area contributed by atoms with Crippen molar-refractivity contribution in [1.29, 1.82) is 5.26 Å². The molecule has 0 spiro atoms. The number of anilines is 1. The number of rotatable bonds is 5. The predicted molar refractivity (Wildman–Crippen MR) is 125 cm³/mol. The van der Waals surface area contributed by atoms with Crippen LogP contribution in [0.25, 0.3) is 6.08 Å². The average Bonchev–Trinajstić information content (AvgIpc) is 3.43. The van der Waals surface area contributed by atoms with Crippen LogP contribution in [-0.2, 0) is 22.4 Å². The highest BCUT2D eigenvalue weighted by Gasteiger charge is 2.28. The molecule has 1 atom stereocenters. The van der Waals surface area contributed by atoms with E-state index in [0.29, 0.717) is 43.1 Å². The first-order valence-electron chi connectivity index (χ1n) is 10.7. The number of amides is 2. The molecular weight excluding hydrogens is 446 g/mol. The van der Waals surface area contributed by atoms with E-state index in [4.69, 9.17) is 4.74 Å². The number of hydrogen-bond donors (Lipinski definition) is 2. The minimum Gasteiger partial charge on any atom is -0.449 e. The summed E-state index contributed by atoms with van der Waals surface area (Å²) in [6.07, 6.45) is 6.03. The molecule has 1 aliphatic carbocycles. The van der Waals surface area contributed by atoms with Crippen molar-refractivity contribution in [3.63, 3.8) is 0 Å². The van der Waals surface area contributed by atoms with Crippen molar-refractivity contribution in [2.45, 2.75) is 38.2 Å². The molecule has 9 heteroatoms. The van der Waals surface area contributed by atoms with Gasteiger partial charge in [-0.3, -0.25) is 4.79 Å². The Hall–Kier alpha value is -2.67. The van der Waals surface area contributed by atoms with Crippen LogP contribution in [0.2, 0.25) is 0 Å². The molecule has 32 heavy (non-hydrogen) atoms. The molecule has 1 saturated heterocycles. The summed E-state index contributed by atoms with van der Waals surface area (Å²) in [6, 6.07) is 4.18. The van der Waals surface area contributed by atoms with Crippen LogP contribution in [0.4, 0.5) is 9.80 Å². The van der Waals surface area contributed by atoms with E-state index in [0.717, 1.165) is 35.3 Å². The summed E-state index contributed by atoms with van der Waals surface area (Å²) in [6.45, 7) is 1.38. The molecule has 2 amide bonds. The number of nitrogens with zero attached hydrogens (tertiary/aromatic N) is 2. The molecule has 7 nitrogen and oxygen atoms in total. The number of ether oxygens (including phenoxy) is 1. The average molecular weight is 472 g/mol. The SMILES string of the molecule is N#Cc1c(NC(=O)C=Cc2ccsc2)sc2c1CCC(COC(=O)N1CCC(O)CC1)C2. The molecule has 2 N–H and O–H groups in total. The maximum absolute atomic E-state index is 12.3. The predicted octanol–water partition coefficient (Wildman–Crippen LogP) is 4.03. The van der Waals surface area contributed by atoms with Crippen LogP contribution in [0.1, 0.15) is 40.8 Å². The fourth-order valence-electron chi connectivity index (χ4n) is 4.03. The monoisotopic (exact) mass is 471 g/mol. The molecular formula is C23H25N3O4S2. The van der Waals surface area contributed by atoms with Crippen LogP contribution in [0, 0.1) is 17.2 Å². The number of carbonyl (C=O) groups excluding carboxylic acids is 2. The maximum Gasteiger partial charge on any atom is 0.409 e. The second-order valence-corrected chi connectivity index (χ2v) is 9.99. The van der Waals surface area contributed by atoms with Gasteiger partial charge < -0.3 is 20.1 Å². The molecule has 2 aromatic heterocycles. The van der Waals surface area contributed by atoms with Gasteiger partial charge in [0.15, 0.2) is 0 Å². The molecule has 2 aromatic rings. The van der Waals surface area contributed by atoms with Crippen LogP contribution < -0.4 is 5.32 Å². The molecule has 1 fully saturated rings. The van der Waals surface area contributed by atoms with Crippen LogP contribution in [0.15, 0.2) is 22.9 Å². The summed E-state index contributed by atoms with van der Waals surface area (Å²) in [5.74, 6) is -0.0718. The van der Waals surface area contributed by atoms with Crippen molar-refractivity contribution in [1.82, 2.24) is 4.90 Å². The Morgan fingerprint density at radius 3 is 2.88 bits per heavy atom. The quantitative estimate of drug-likeness (QED) is 0.641. The Morgan fingerprint density at radius 2 is 2.16 bits per heavy atom. The van der Waals surface area contributed by atoms with Crippen molar-refractivity contribution >= 4 is 45.8 Å². The summed E-state index contributed by atoms with van der Waals surface area (Å²) in [5.41, 5.74) is 2.51. The van der Waals surface area contributed by atoms with Gasteiger partial charge in [-0.15, -0.1) is 11.3 Å². The number of nitrogens with one attached hydrogen (secondary N) is 1. The summed E-state index contributed by atoms with van der Waals surface area (Å²) < 4.78 is 5.53. The Labute approximate surface area is 194 Å².